The second-order valence-corrected chi connectivity index (χ2v) is 9.09. The maximum atomic E-state index is 12.1. The van der Waals surface area contributed by atoms with Gasteiger partial charge >= 0.3 is 0 Å². The second kappa shape index (κ2) is 8.34. The van der Waals surface area contributed by atoms with Gasteiger partial charge < -0.3 is 10.1 Å². The first kappa shape index (κ1) is 17.0. The van der Waals surface area contributed by atoms with Crippen LogP contribution in [0.1, 0.15) is 42.8 Å². The number of carbonyl (C=O) groups excluding carboxylic acids is 1. The summed E-state index contributed by atoms with van der Waals surface area (Å²) in [4.78, 5) is 12.1. The number of carbonyl (C=O) groups is 1. The maximum Gasteiger partial charge on any atom is 0.258 e. The predicted molar refractivity (Wildman–Crippen MR) is 99.2 cm³/mol. The Morgan fingerprint density at radius 2 is 1.87 bits per heavy atom. The summed E-state index contributed by atoms with van der Waals surface area (Å²) >= 11 is 3.99. The first-order chi connectivity index (χ1) is 11.2. The second-order valence-electron chi connectivity index (χ2n) is 6.37. The van der Waals surface area contributed by atoms with Crippen LogP contribution in [-0.2, 0) is 4.79 Å². The Labute approximate surface area is 147 Å². The molecule has 1 aliphatic carbocycles. The average Bonchev–Trinajstić information content (AvgIpc) is 3.10. The summed E-state index contributed by atoms with van der Waals surface area (Å²) < 4.78 is 6.19. The summed E-state index contributed by atoms with van der Waals surface area (Å²) in [6.45, 7) is 2.33. The molecule has 1 N–H and O–H groups in total. The molecule has 1 heterocycles. The lowest BCUT2D eigenvalue weighted by atomic mass is 9.86. The van der Waals surface area contributed by atoms with Crippen molar-refractivity contribution in [1.29, 1.82) is 0 Å². The Morgan fingerprint density at radius 3 is 2.57 bits per heavy atom. The Kier molecular flexibility index (Phi) is 6.17. The van der Waals surface area contributed by atoms with Crippen LogP contribution in [0.3, 0.4) is 0 Å². The van der Waals surface area contributed by atoms with Gasteiger partial charge in [0.05, 0.1) is 4.58 Å². The molecule has 2 aliphatic rings. The van der Waals surface area contributed by atoms with Crippen LogP contribution in [0.15, 0.2) is 24.3 Å². The molecule has 0 radical (unpaired) electrons. The van der Waals surface area contributed by atoms with Crippen molar-refractivity contribution in [3.05, 3.63) is 29.8 Å². The van der Waals surface area contributed by atoms with Crippen LogP contribution in [0.4, 0.5) is 0 Å². The van der Waals surface area contributed by atoms with E-state index in [-0.39, 0.29) is 12.5 Å². The lowest BCUT2D eigenvalue weighted by Gasteiger charge is -2.29. The van der Waals surface area contributed by atoms with Crippen molar-refractivity contribution in [3.63, 3.8) is 0 Å². The summed E-state index contributed by atoms with van der Waals surface area (Å²) in [5.74, 6) is 3.80. The number of benzene rings is 1. The molecule has 3 rings (SSSR count). The molecule has 1 saturated carbocycles. The molecular formula is C18H25NO2S2. The van der Waals surface area contributed by atoms with Gasteiger partial charge in [-0.15, -0.1) is 23.5 Å². The molecule has 3 nitrogen and oxygen atoms in total. The fourth-order valence-corrected chi connectivity index (χ4v) is 6.06. The lowest BCUT2D eigenvalue weighted by Crippen LogP contribution is -2.43. The summed E-state index contributed by atoms with van der Waals surface area (Å²) in [5.41, 5.74) is 1.34. The molecule has 2 fully saturated rings. The smallest absolute Gasteiger partial charge is 0.258 e. The minimum Gasteiger partial charge on any atom is -0.484 e. The zero-order valence-electron chi connectivity index (χ0n) is 13.6. The molecule has 2 atom stereocenters. The molecular weight excluding hydrogens is 326 g/mol. The minimum atomic E-state index is -0.00488. The van der Waals surface area contributed by atoms with Crippen molar-refractivity contribution in [2.45, 2.75) is 43.2 Å². The normalized spacial score (nSPS) is 25.3. The molecule has 5 heteroatoms. The zero-order chi connectivity index (χ0) is 16.1. The Bertz CT molecular complexity index is 514. The van der Waals surface area contributed by atoms with E-state index < -0.39 is 0 Å². The molecule has 1 aromatic carbocycles. The van der Waals surface area contributed by atoms with Crippen molar-refractivity contribution >= 4 is 29.4 Å². The summed E-state index contributed by atoms with van der Waals surface area (Å²) in [6.07, 6.45) is 4.81. The fourth-order valence-electron chi connectivity index (χ4n) is 3.20. The van der Waals surface area contributed by atoms with Gasteiger partial charge in [0, 0.05) is 17.5 Å². The van der Waals surface area contributed by atoms with E-state index in [4.69, 9.17) is 4.74 Å². The predicted octanol–water partition coefficient (Wildman–Crippen LogP) is 4.24. The highest BCUT2D eigenvalue weighted by Crippen LogP contribution is 2.45. The van der Waals surface area contributed by atoms with E-state index in [0.717, 1.165) is 12.2 Å². The van der Waals surface area contributed by atoms with E-state index >= 15 is 0 Å². The van der Waals surface area contributed by atoms with Gasteiger partial charge in [0.15, 0.2) is 6.61 Å². The van der Waals surface area contributed by atoms with Gasteiger partial charge in [-0.1, -0.05) is 31.9 Å². The highest BCUT2D eigenvalue weighted by Gasteiger charge is 2.23. The summed E-state index contributed by atoms with van der Waals surface area (Å²) in [5, 5.41) is 3.12. The molecule has 1 saturated heterocycles. The number of nitrogens with one attached hydrogen (secondary N) is 1. The number of hydrogen-bond donors (Lipinski definition) is 1. The minimum absolute atomic E-state index is 0.00488. The van der Waals surface area contributed by atoms with Crippen molar-refractivity contribution in [2.24, 2.45) is 5.92 Å². The van der Waals surface area contributed by atoms with Crippen LogP contribution in [-0.4, -0.2) is 30.1 Å². The van der Waals surface area contributed by atoms with Crippen LogP contribution in [0.2, 0.25) is 0 Å². The number of amides is 1. The lowest BCUT2D eigenvalue weighted by molar-refractivity contribution is -0.124. The highest BCUT2D eigenvalue weighted by atomic mass is 32.2. The SMILES string of the molecule is CC1CCCCC1NC(=O)COc1ccc(C2SCCS2)cc1. The van der Waals surface area contributed by atoms with Gasteiger partial charge in [-0.25, -0.2) is 0 Å². The van der Waals surface area contributed by atoms with Crippen molar-refractivity contribution in [2.75, 3.05) is 18.1 Å². The van der Waals surface area contributed by atoms with Gasteiger partial charge in [0.2, 0.25) is 0 Å². The van der Waals surface area contributed by atoms with E-state index in [0.29, 0.717) is 16.5 Å². The maximum absolute atomic E-state index is 12.1. The van der Waals surface area contributed by atoms with Crippen LogP contribution < -0.4 is 10.1 Å². The molecule has 1 aliphatic heterocycles. The fraction of sp³-hybridized carbons (Fsp3) is 0.611. The largest absolute Gasteiger partial charge is 0.484 e. The molecule has 23 heavy (non-hydrogen) atoms. The molecule has 0 spiro atoms. The first-order valence-corrected chi connectivity index (χ1v) is 10.6. The standard InChI is InChI=1S/C18H25NO2S2/c1-13-4-2-3-5-16(13)19-17(20)12-21-15-8-6-14(7-9-15)18-22-10-11-23-18/h6-9,13,16,18H,2-5,10-12H2,1H3,(H,19,20). The first-order valence-electron chi connectivity index (χ1n) is 8.48. The van der Waals surface area contributed by atoms with Crippen LogP contribution >= 0.6 is 23.5 Å². The summed E-state index contributed by atoms with van der Waals surface area (Å²) in [7, 11) is 0. The molecule has 0 bridgehead atoms. The van der Waals surface area contributed by atoms with Crippen LogP contribution in [0, 0.1) is 5.92 Å². The monoisotopic (exact) mass is 351 g/mol. The Hall–Kier alpha value is -0.810. The van der Waals surface area contributed by atoms with Crippen molar-refractivity contribution in [1.82, 2.24) is 5.32 Å². The Morgan fingerprint density at radius 1 is 1.17 bits per heavy atom. The number of hydrogen-bond acceptors (Lipinski definition) is 4. The van der Waals surface area contributed by atoms with E-state index in [1.54, 1.807) is 0 Å². The zero-order valence-corrected chi connectivity index (χ0v) is 15.3. The molecule has 1 amide bonds. The quantitative estimate of drug-likeness (QED) is 0.861. The third-order valence-electron chi connectivity index (χ3n) is 4.60. The van der Waals surface area contributed by atoms with Gasteiger partial charge in [0.25, 0.3) is 5.91 Å². The van der Waals surface area contributed by atoms with E-state index in [1.165, 1.54) is 36.3 Å². The molecule has 1 aromatic rings. The van der Waals surface area contributed by atoms with Crippen LogP contribution in [0.25, 0.3) is 0 Å². The topological polar surface area (TPSA) is 38.3 Å². The average molecular weight is 352 g/mol. The third-order valence-corrected chi connectivity index (χ3v) is 7.71. The van der Waals surface area contributed by atoms with E-state index in [1.807, 2.05) is 35.7 Å². The van der Waals surface area contributed by atoms with Crippen molar-refractivity contribution in [3.8, 4) is 5.75 Å². The molecule has 2 unspecified atom stereocenters. The van der Waals surface area contributed by atoms with E-state index in [2.05, 4.69) is 24.4 Å². The summed E-state index contributed by atoms with van der Waals surface area (Å²) in [6, 6.07) is 8.51. The number of ether oxygens (including phenoxy) is 1. The highest BCUT2D eigenvalue weighted by molar-refractivity contribution is 8.19. The van der Waals surface area contributed by atoms with Crippen LogP contribution in [0.5, 0.6) is 5.75 Å². The van der Waals surface area contributed by atoms with E-state index in [9.17, 15) is 4.79 Å². The van der Waals surface area contributed by atoms with Crippen molar-refractivity contribution < 1.29 is 9.53 Å². The molecule has 0 aromatic heterocycles. The number of rotatable bonds is 5. The Balaban J connectivity index is 1.45. The molecule has 126 valence electrons. The van der Waals surface area contributed by atoms with Gasteiger partial charge in [-0.2, -0.15) is 0 Å². The number of thioether (sulfide) groups is 2. The van der Waals surface area contributed by atoms with Gasteiger partial charge in [-0.05, 0) is 36.5 Å². The third kappa shape index (κ3) is 4.83. The van der Waals surface area contributed by atoms with Gasteiger partial charge in [-0.3, -0.25) is 4.79 Å². The van der Waals surface area contributed by atoms with Gasteiger partial charge in [0.1, 0.15) is 5.75 Å².